The fourth-order valence-corrected chi connectivity index (χ4v) is 1.26. The summed E-state index contributed by atoms with van der Waals surface area (Å²) in [5.74, 6) is 1.57. The van der Waals surface area contributed by atoms with Crippen molar-refractivity contribution in [1.82, 2.24) is 14.8 Å². The summed E-state index contributed by atoms with van der Waals surface area (Å²) in [5.41, 5.74) is 1.11. The van der Waals surface area contributed by atoms with Crippen LogP contribution in [0.4, 0.5) is 0 Å². The van der Waals surface area contributed by atoms with Crippen LogP contribution in [0.3, 0.4) is 0 Å². The van der Waals surface area contributed by atoms with Gasteiger partial charge in [-0.3, -0.25) is 0 Å². The lowest BCUT2D eigenvalue weighted by Gasteiger charge is -2.02. The summed E-state index contributed by atoms with van der Waals surface area (Å²) in [6.07, 6.45) is 0. The van der Waals surface area contributed by atoms with E-state index in [1.165, 1.54) is 0 Å². The molecule has 10 heavy (non-hydrogen) atoms. The molecular formula is C6H13N3Si. The van der Waals surface area contributed by atoms with Gasteiger partial charge in [-0.05, 0) is 0 Å². The van der Waals surface area contributed by atoms with E-state index >= 15 is 0 Å². The number of hydrogen-bond donors (Lipinski definition) is 0. The van der Waals surface area contributed by atoms with Crippen LogP contribution in [0.2, 0.25) is 0 Å². The third-order valence-corrected chi connectivity index (χ3v) is 2.51. The van der Waals surface area contributed by atoms with Crippen LogP contribution in [0.5, 0.6) is 0 Å². The summed E-state index contributed by atoms with van der Waals surface area (Å²) >= 11 is 0. The summed E-state index contributed by atoms with van der Waals surface area (Å²) in [5, 5.41) is 8.07. The summed E-state index contributed by atoms with van der Waals surface area (Å²) in [6.45, 7) is 4.26. The molecule has 0 spiro atoms. The van der Waals surface area contributed by atoms with Gasteiger partial charge in [-0.2, -0.15) is 0 Å². The number of nitrogens with zero attached hydrogens (tertiary/aromatic N) is 3. The standard InChI is InChI=1S/C6H13N3Si/c1-4(2)5-7-8-6(10)9(5)3/h4H,1-3,10H3. The molecular weight excluding hydrogens is 142 g/mol. The molecule has 0 saturated heterocycles. The molecule has 0 fully saturated rings. The van der Waals surface area contributed by atoms with Crippen molar-refractivity contribution in [1.29, 1.82) is 0 Å². The highest BCUT2D eigenvalue weighted by Gasteiger charge is 2.06. The van der Waals surface area contributed by atoms with Gasteiger partial charge in [0.2, 0.25) is 0 Å². The lowest BCUT2D eigenvalue weighted by atomic mass is 10.2. The lowest BCUT2D eigenvalue weighted by molar-refractivity contribution is 0.714. The van der Waals surface area contributed by atoms with Gasteiger partial charge in [-0.1, -0.05) is 13.8 Å². The molecule has 1 rings (SSSR count). The number of rotatable bonds is 1. The van der Waals surface area contributed by atoms with Gasteiger partial charge < -0.3 is 4.57 Å². The first kappa shape index (κ1) is 7.46. The summed E-state index contributed by atoms with van der Waals surface area (Å²) in [7, 11) is 3.01. The van der Waals surface area contributed by atoms with E-state index < -0.39 is 0 Å². The number of aromatic nitrogens is 3. The third kappa shape index (κ3) is 1.11. The molecule has 0 unspecified atom stereocenters. The van der Waals surface area contributed by atoms with Crippen molar-refractivity contribution in [3.63, 3.8) is 0 Å². The van der Waals surface area contributed by atoms with Crippen LogP contribution in [0.15, 0.2) is 0 Å². The van der Waals surface area contributed by atoms with Crippen LogP contribution < -0.4 is 5.45 Å². The lowest BCUT2D eigenvalue weighted by Crippen LogP contribution is -2.17. The molecule has 0 bridgehead atoms. The Balaban J connectivity index is 3.05. The predicted molar refractivity (Wildman–Crippen MR) is 44.7 cm³/mol. The van der Waals surface area contributed by atoms with Crippen molar-refractivity contribution in [2.45, 2.75) is 19.8 Å². The quantitative estimate of drug-likeness (QED) is 0.484. The smallest absolute Gasteiger partial charge is 0.134 e. The van der Waals surface area contributed by atoms with E-state index in [-0.39, 0.29) is 0 Å². The Morgan fingerprint density at radius 3 is 2.20 bits per heavy atom. The van der Waals surface area contributed by atoms with E-state index in [4.69, 9.17) is 0 Å². The summed E-state index contributed by atoms with van der Waals surface area (Å²) in [6, 6.07) is 0. The predicted octanol–water partition coefficient (Wildman–Crippen LogP) is -1.07. The van der Waals surface area contributed by atoms with Gasteiger partial charge in [-0.25, -0.2) is 0 Å². The normalized spacial score (nSPS) is 11.2. The van der Waals surface area contributed by atoms with Gasteiger partial charge in [0, 0.05) is 13.0 Å². The Kier molecular flexibility index (Phi) is 1.89. The molecule has 0 N–H and O–H groups in total. The van der Waals surface area contributed by atoms with Crippen molar-refractivity contribution in [3.8, 4) is 0 Å². The molecule has 0 aromatic carbocycles. The number of hydrogen-bond acceptors (Lipinski definition) is 2. The second-order valence-corrected chi connectivity index (χ2v) is 3.71. The van der Waals surface area contributed by atoms with Crippen LogP contribution in [0.25, 0.3) is 0 Å². The molecule has 0 saturated carbocycles. The van der Waals surface area contributed by atoms with E-state index in [0.717, 1.165) is 21.5 Å². The monoisotopic (exact) mass is 155 g/mol. The summed E-state index contributed by atoms with van der Waals surface area (Å²) in [4.78, 5) is 0. The minimum absolute atomic E-state index is 0.486. The molecule has 56 valence electrons. The van der Waals surface area contributed by atoms with Crippen LogP contribution >= 0.6 is 0 Å². The molecule has 3 nitrogen and oxygen atoms in total. The van der Waals surface area contributed by atoms with E-state index in [9.17, 15) is 0 Å². The zero-order chi connectivity index (χ0) is 7.72. The van der Waals surface area contributed by atoms with E-state index in [2.05, 4.69) is 28.6 Å². The first-order valence-electron chi connectivity index (χ1n) is 3.49. The fraction of sp³-hybridized carbons (Fsp3) is 0.667. The molecule has 0 aliphatic heterocycles. The molecule has 0 aliphatic carbocycles. The molecule has 0 radical (unpaired) electrons. The maximum absolute atomic E-state index is 4.06. The molecule has 1 heterocycles. The first-order valence-corrected chi connectivity index (χ1v) is 4.49. The van der Waals surface area contributed by atoms with Gasteiger partial charge >= 0.3 is 0 Å². The molecule has 0 amide bonds. The Morgan fingerprint density at radius 2 is 2.00 bits per heavy atom. The van der Waals surface area contributed by atoms with E-state index in [0.29, 0.717) is 5.92 Å². The fourth-order valence-electron chi connectivity index (χ4n) is 0.926. The molecule has 1 aromatic rings. The van der Waals surface area contributed by atoms with Crippen LogP contribution in [-0.2, 0) is 7.05 Å². The highest BCUT2D eigenvalue weighted by atomic mass is 28.1. The second-order valence-electron chi connectivity index (χ2n) is 2.82. The molecule has 1 aromatic heterocycles. The summed E-state index contributed by atoms with van der Waals surface area (Å²) < 4.78 is 2.08. The Bertz CT molecular complexity index is 229. The molecule has 4 heteroatoms. The Hall–Kier alpha value is -0.643. The van der Waals surface area contributed by atoms with Gasteiger partial charge in [0.25, 0.3) is 0 Å². The van der Waals surface area contributed by atoms with Crippen molar-refractivity contribution in [2.24, 2.45) is 7.05 Å². The van der Waals surface area contributed by atoms with Crippen molar-refractivity contribution in [3.05, 3.63) is 5.82 Å². The maximum Gasteiger partial charge on any atom is 0.134 e. The zero-order valence-corrected chi connectivity index (χ0v) is 8.92. The average Bonchev–Trinajstić information content (AvgIpc) is 2.14. The maximum atomic E-state index is 4.06. The molecule has 0 aliphatic rings. The van der Waals surface area contributed by atoms with Crippen molar-refractivity contribution < 1.29 is 0 Å². The van der Waals surface area contributed by atoms with E-state index in [1.54, 1.807) is 0 Å². The highest BCUT2D eigenvalue weighted by Crippen LogP contribution is 2.06. The minimum atomic E-state index is 0.486. The van der Waals surface area contributed by atoms with Gasteiger partial charge in [-0.15, -0.1) is 10.2 Å². The SMILES string of the molecule is CC(C)c1nnc([SiH3])n1C. The van der Waals surface area contributed by atoms with Crippen molar-refractivity contribution in [2.75, 3.05) is 0 Å². The van der Waals surface area contributed by atoms with Gasteiger partial charge in [0.05, 0.1) is 15.7 Å². The first-order chi connectivity index (χ1) is 4.63. The Morgan fingerprint density at radius 1 is 1.40 bits per heavy atom. The highest BCUT2D eigenvalue weighted by molar-refractivity contribution is 6.29. The Labute approximate surface area is 63.9 Å². The van der Waals surface area contributed by atoms with Crippen molar-refractivity contribution >= 4 is 15.7 Å². The minimum Gasteiger partial charge on any atom is -0.323 e. The molecule has 0 atom stereocenters. The van der Waals surface area contributed by atoms with E-state index in [1.807, 2.05) is 7.05 Å². The topological polar surface area (TPSA) is 30.7 Å². The average molecular weight is 155 g/mol. The van der Waals surface area contributed by atoms with Gasteiger partial charge in [0.15, 0.2) is 0 Å². The second kappa shape index (κ2) is 2.54. The zero-order valence-electron chi connectivity index (χ0n) is 6.92. The van der Waals surface area contributed by atoms with Crippen LogP contribution in [0.1, 0.15) is 25.6 Å². The van der Waals surface area contributed by atoms with Crippen LogP contribution in [0, 0.1) is 0 Å². The largest absolute Gasteiger partial charge is 0.323 e. The van der Waals surface area contributed by atoms with Crippen LogP contribution in [-0.4, -0.2) is 25.0 Å². The van der Waals surface area contributed by atoms with Gasteiger partial charge in [0.1, 0.15) is 5.82 Å². The third-order valence-electron chi connectivity index (χ3n) is 1.64.